The maximum absolute atomic E-state index is 5.50. The number of hydrogen-bond acceptors (Lipinski definition) is 2. The number of hydrogen-bond donors (Lipinski definition) is 2. The third-order valence-electron chi connectivity index (χ3n) is 1.17. The van der Waals surface area contributed by atoms with Gasteiger partial charge < -0.3 is 0 Å². The van der Waals surface area contributed by atoms with Crippen LogP contribution in [0.4, 0.5) is 0 Å². The summed E-state index contributed by atoms with van der Waals surface area (Å²) in [6.45, 7) is 2.20. The Labute approximate surface area is 68.2 Å². The Morgan fingerprint density at radius 2 is 1.82 bits per heavy atom. The lowest BCUT2D eigenvalue weighted by molar-refractivity contribution is 0.680. The molecule has 3 nitrogen and oxygen atoms in total. The Balaban J connectivity index is 0. The monoisotopic (exact) mass is 154 g/mol. The zero-order valence-electron chi connectivity index (χ0n) is 7.06. The largest absolute Gasteiger partial charge is 0.211 e. The summed E-state index contributed by atoms with van der Waals surface area (Å²) >= 11 is 0. The summed E-state index contributed by atoms with van der Waals surface area (Å²) < 4.78 is 0. The Bertz CT molecular complexity index is 129. The van der Waals surface area contributed by atoms with Gasteiger partial charge in [0.15, 0.2) is 0 Å². The summed E-state index contributed by atoms with van der Waals surface area (Å²) in [7, 11) is 0. The number of terminal acetylenes is 1. The molecule has 0 amide bonds. The van der Waals surface area contributed by atoms with Gasteiger partial charge in [-0.1, -0.05) is 26.2 Å². The van der Waals surface area contributed by atoms with Crippen molar-refractivity contribution in [3.63, 3.8) is 0 Å². The van der Waals surface area contributed by atoms with Gasteiger partial charge in [-0.15, -0.1) is 12.3 Å². The minimum absolute atomic E-state index is 0.958. The van der Waals surface area contributed by atoms with Gasteiger partial charge in [-0.25, -0.2) is 0 Å². The topological polar surface area (TPSA) is 61.8 Å². The first kappa shape index (κ1) is 12.5. The molecular weight excluding hydrogens is 138 g/mol. The SMILES string of the molecule is C#CCCCCCC.N=[N+]=N. The van der Waals surface area contributed by atoms with E-state index in [4.69, 9.17) is 17.5 Å². The summed E-state index contributed by atoms with van der Waals surface area (Å²) in [5.74, 6) is 2.63. The molecule has 0 spiro atoms. The second kappa shape index (κ2) is 15.9. The number of rotatable bonds is 4. The Kier molecular flexibility index (Phi) is 18.2. The first-order chi connectivity index (χ1) is 5.33. The molecule has 0 fully saturated rings. The molecule has 2 N–H and O–H groups in total. The van der Waals surface area contributed by atoms with Crippen molar-refractivity contribution in [3.8, 4) is 12.3 Å². The number of unbranched alkanes of at least 4 members (excludes halogenated alkanes) is 4. The lowest BCUT2D eigenvalue weighted by atomic mass is 10.2. The van der Waals surface area contributed by atoms with Crippen LogP contribution in [0.2, 0.25) is 0 Å². The van der Waals surface area contributed by atoms with Crippen LogP contribution >= 0.6 is 0 Å². The molecule has 0 aliphatic heterocycles. The third kappa shape index (κ3) is 28.0. The molecule has 0 bridgehead atoms. The van der Waals surface area contributed by atoms with E-state index < -0.39 is 0 Å². The second-order valence-corrected chi connectivity index (χ2v) is 2.13. The van der Waals surface area contributed by atoms with Gasteiger partial charge in [-0.3, -0.25) is 0 Å². The quantitative estimate of drug-likeness (QED) is 0.271. The van der Waals surface area contributed by atoms with E-state index in [1.165, 1.54) is 25.7 Å². The van der Waals surface area contributed by atoms with Gasteiger partial charge in [0, 0.05) is 6.42 Å². The molecule has 0 unspecified atom stereocenters. The van der Waals surface area contributed by atoms with Crippen LogP contribution < -0.4 is 4.91 Å². The van der Waals surface area contributed by atoms with Crippen LogP contribution in [0.1, 0.15) is 39.0 Å². The normalized spacial score (nSPS) is 6.91. The van der Waals surface area contributed by atoms with Crippen LogP contribution in [0.3, 0.4) is 0 Å². The van der Waals surface area contributed by atoms with Crippen LogP contribution in [0.25, 0.3) is 0 Å². The molecule has 0 saturated carbocycles. The molecule has 3 heteroatoms. The lowest BCUT2D eigenvalue weighted by Gasteiger charge is -1.90. The number of nitrogens with one attached hydrogen (secondary N) is 2. The molecule has 62 valence electrons. The fourth-order valence-corrected chi connectivity index (χ4v) is 0.654. The van der Waals surface area contributed by atoms with Gasteiger partial charge >= 0.3 is 0 Å². The van der Waals surface area contributed by atoms with Gasteiger partial charge in [-0.2, -0.15) is 0 Å². The maximum Gasteiger partial charge on any atom is 0.211 e. The molecule has 0 aliphatic rings. The zero-order valence-corrected chi connectivity index (χ0v) is 7.06. The van der Waals surface area contributed by atoms with Crippen LogP contribution in [-0.4, -0.2) is 0 Å². The van der Waals surface area contributed by atoms with E-state index in [0.717, 1.165) is 6.42 Å². The van der Waals surface area contributed by atoms with E-state index >= 15 is 0 Å². The summed E-state index contributed by atoms with van der Waals surface area (Å²) in [5.41, 5.74) is 11.0. The Hall–Kier alpha value is -1.13. The number of nitrogens with zero attached hydrogens (tertiary/aromatic N) is 1. The molecule has 0 atom stereocenters. The molecular formula is C8H16N3+. The van der Waals surface area contributed by atoms with Gasteiger partial charge in [0.1, 0.15) is 11.1 Å². The highest BCUT2D eigenvalue weighted by Crippen LogP contribution is 2.00. The third-order valence-corrected chi connectivity index (χ3v) is 1.17. The van der Waals surface area contributed by atoms with E-state index in [1.54, 1.807) is 0 Å². The van der Waals surface area contributed by atoms with Crippen molar-refractivity contribution in [2.45, 2.75) is 39.0 Å². The molecule has 0 heterocycles. The van der Waals surface area contributed by atoms with E-state index in [2.05, 4.69) is 12.8 Å². The van der Waals surface area contributed by atoms with Gasteiger partial charge in [0.2, 0.25) is 4.91 Å². The van der Waals surface area contributed by atoms with Crippen LogP contribution in [-0.2, 0) is 0 Å². The molecule has 0 aromatic carbocycles. The Morgan fingerprint density at radius 1 is 1.27 bits per heavy atom. The molecule has 0 rings (SSSR count). The minimum Gasteiger partial charge on any atom is -0.120 e. The maximum atomic E-state index is 5.50. The predicted molar refractivity (Wildman–Crippen MR) is 45.2 cm³/mol. The van der Waals surface area contributed by atoms with Crippen LogP contribution in [0.15, 0.2) is 0 Å². The van der Waals surface area contributed by atoms with E-state index in [1.807, 2.05) is 4.91 Å². The minimum atomic E-state index is 0.958. The van der Waals surface area contributed by atoms with E-state index in [0.29, 0.717) is 0 Å². The van der Waals surface area contributed by atoms with Crippen molar-refractivity contribution < 1.29 is 0 Å². The summed E-state index contributed by atoms with van der Waals surface area (Å²) in [6.07, 6.45) is 11.2. The highest BCUT2D eigenvalue weighted by atomic mass is 15.0. The fourth-order valence-electron chi connectivity index (χ4n) is 0.654. The lowest BCUT2D eigenvalue weighted by Crippen LogP contribution is -1.72. The average Bonchev–Trinajstić information content (AvgIpc) is 2.00. The van der Waals surface area contributed by atoms with Crippen molar-refractivity contribution in [1.82, 2.24) is 4.91 Å². The van der Waals surface area contributed by atoms with Crippen molar-refractivity contribution >= 4 is 0 Å². The van der Waals surface area contributed by atoms with E-state index in [9.17, 15) is 0 Å². The molecule has 0 aromatic heterocycles. The van der Waals surface area contributed by atoms with E-state index in [-0.39, 0.29) is 0 Å². The van der Waals surface area contributed by atoms with Crippen molar-refractivity contribution in [2.24, 2.45) is 0 Å². The van der Waals surface area contributed by atoms with Crippen LogP contribution in [0, 0.1) is 23.4 Å². The summed E-state index contributed by atoms with van der Waals surface area (Å²) in [5, 5.41) is 0. The molecule has 0 saturated heterocycles. The molecule has 0 aromatic rings. The van der Waals surface area contributed by atoms with Crippen molar-refractivity contribution in [1.29, 1.82) is 11.1 Å². The first-order valence-electron chi connectivity index (χ1n) is 3.80. The van der Waals surface area contributed by atoms with Gasteiger partial charge in [0.25, 0.3) is 0 Å². The highest BCUT2D eigenvalue weighted by molar-refractivity contribution is 4.82. The molecule has 0 aliphatic carbocycles. The van der Waals surface area contributed by atoms with Crippen molar-refractivity contribution in [3.05, 3.63) is 0 Å². The second-order valence-electron chi connectivity index (χ2n) is 2.13. The van der Waals surface area contributed by atoms with Gasteiger partial charge in [0.05, 0.1) is 0 Å². The molecule has 11 heavy (non-hydrogen) atoms. The molecule has 0 radical (unpaired) electrons. The Morgan fingerprint density at radius 3 is 2.18 bits per heavy atom. The summed E-state index contributed by atoms with van der Waals surface area (Å²) in [6, 6.07) is 0. The standard InChI is InChI=1S/C8H14.H2N3/c1-3-5-7-8-6-4-2;1-3-2/h1H,4-8H2,2H3;1-2H/q;+1. The summed E-state index contributed by atoms with van der Waals surface area (Å²) in [4.78, 5) is 2.00. The van der Waals surface area contributed by atoms with Gasteiger partial charge in [-0.05, 0) is 6.42 Å². The fraction of sp³-hybridized carbons (Fsp3) is 0.750. The predicted octanol–water partition coefficient (Wildman–Crippen LogP) is 2.71. The first-order valence-corrected chi connectivity index (χ1v) is 3.80. The van der Waals surface area contributed by atoms with Crippen LogP contribution in [0.5, 0.6) is 0 Å². The zero-order chi connectivity index (χ0) is 8.95. The van der Waals surface area contributed by atoms with Crippen molar-refractivity contribution in [2.75, 3.05) is 0 Å². The smallest absolute Gasteiger partial charge is 0.120 e. The highest BCUT2D eigenvalue weighted by Gasteiger charge is 1.81. The average molecular weight is 154 g/mol.